The second-order valence-electron chi connectivity index (χ2n) is 6.84. The molecule has 2 aliphatic heterocycles. The van der Waals surface area contributed by atoms with Crippen LogP contribution in [0.25, 0.3) is 0 Å². The first kappa shape index (κ1) is 16.9. The van der Waals surface area contributed by atoms with Gasteiger partial charge < -0.3 is 9.80 Å². The van der Waals surface area contributed by atoms with E-state index in [2.05, 4.69) is 5.10 Å². The van der Waals surface area contributed by atoms with Gasteiger partial charge in [0.1, 0.15) is 6.04 Å². The Bertz CT molecular complexity index is 634. The smallest absolute Gasteiger partial charge is 0.251 e. The molecule has 1 aromatic heterocycles. The number of fused-ring (bicyclic) bond motifs is 1. The van der Waals surface area contributed by atoms with E-state index >= 15 is 0 Å². The number of hydrogen-bond donors (Lipinski definition) is 0. The number of piperidine rings is 1. The third-order valence-corrected chi connectivity index (χ3v) is 4.69. The molecule has 6 nitrogen and oxygen atoms in total. The molecule has 1 fully saturated rings. The lowest BCUT2D eigenvalue weighted by Gasteiger charge is -2.38. The molecule has 0 aliphatic carbocycles. The minimum Gasteiger partial charge on any atom is -0.340 e. The molecule has 132 valence electrons. The zero-order valence-electron chi connectivity index (χ0n) is 13.9. The maximum absolute atomic E-state index is 13.3. The molecular formula is C16H22F2N4O2. The first-order chi connectivity index (χ1) is 11.3. The second kappa shape index (κ2) is 6.14. The molecular weight excluding hydrogens is 318 g/mol. The number of likely N-dealkylation sites (tertiary alicyclic amines) is 1. The fourth-order valence-corrected chi connectivity index (χ4v) is 3.27. The van der Waals surface area contributed by atoms with Gasteiger partial charge in [0, 0.05) is 38.0 Å². The average molecular weight is 340 g/mol. The molecule has 3 rings (SSSR count). The van der Waals surface area contributed by atoms with Gasteiger partial charge in [0.05, 0.1) is 18.8 Å². The predicted molar refractivity (Wildman–Crippen MR) is 82.3 cm³/mol. The topological polar surface area (TPSA) is 58.4 Å². The molecule has 0 spiro atoms. The molecule has 2 amide bonds. The van der Waals surface area contributed by atoms with Gasteiger partial charge in [0.15, 0.2) is 0 Å². The van der Waals surface area contributed by atoms with Crippen LogP contribution < -0.4 is 0 Å². The SMILES string of the molecule is CC(C)C(=O)N1Cc2ccnn2C(C(=O)N2CCC(F)(F)CC2)C1. The van der Waals surface area contributed by atoms with Crippen molar-refractivity contribution < 1.29 is 18.4 Å². The molecule has 0 bridgehead atoms. The van der Waals surface area contributed by atoms with Gasteiger partial charge in [-0.15, -0.1) is 0 Å². The van der Waals surface area contributed by atoms with Crippen molar-refractivity contribution in [2.75, 3.05) is 19.6 Å². The number of hydrogen-bond acceptors (Lipinski definition) is 3. The fourth-order valence-electron chi connectivity index (χ4n) is 3.27. The summed E-state index contributed by atoms with van der Waals surface area (Å²) in [5.41, 5.74) is 0.788. The average Bonchev–Trinajstić information content (AvgIpc) is 3.00. The number of alkyl halides is 2. The molecule has 0 N–H and O–H groups in total. The van der Waals surface area contributed by atoms with Crippen LogP contribution in [0.5, 0.6) is 0 Å². The van der Waals surface area contributed by atoms with E-state index in [1.165, 1.54) is 4.90 Å². The highest BCUT2D eigenvalue weighted by molar-refractivity contribution is 5.83. The fraction of sp³-hybridized carbons (Fsp3) is 0.688. The molecule has 1 saturated heterocycles. The maximum Gasteiger partial charge on any atom is 0.251 e. The van der Waals surface area contributed by atoms with Gasteiger partial charge >= 0.3 is 0 Å². The molecule has 1 aromatic rings. The Morgan fingerprint density at radius 2 is 1.92 bits per heavy atom. The van der Waals surface area contributed by atoms with Gasteiger partial charge in [-0.2, -0.15) is 5.10 Å². The number of rotatable bonds is 2. The first-order valence-electron chi connectivity index (χ1n) is 8.26. The van der Waals surface area contributed by atoms with Gasteiger partial charge in [-0.3, -0.25) is 14.3 Å². The van der Waals surface area contributed by atoms with Crippen LogP contribution in [-0.2, 0) is 16.1 Å². The third-order valence-electron chi connectivity index (χ3n) is 4.69. The third kappa shape index (κ3) is 3.14. The van der Waals surface area contributed by atoms with Crippen LogP contribution in [0.1, 0.15) is 38.4 Å². The second-order valence-corrected chi connectivity index (χ2v) is 6.84. The van der Waals surface area contributed by atoms with E-state index in [1.54, 1.807) is 21.8 Å². The van der Waals surface area contributed by atoms with E-state index in [4.69, 9.17) is 0 Å². The van der Waals surface area contributed by atoms with E-state index < -0.39 is 12.0 Å². The van der Waals surface area contributed by atoms with Crippen molar-refractivity contribution in [1.29, 1.82) is 0 Å². The summed E-state index contributed by atoms with van der Waals surface area (Å²) >= 11 is 0. The van der Waals surface area contributed by atoms with E-state index in [1.807, 2.05) is 13.8 Å². The quantitative estimate of drug-likeness (QED) is 0.823. The molecule has 8 heteroatoms. The zero-order chi connectivity index (χ0) is 17.5. The highest BCUT2D eigenvalue weighted by Gasteiger charge is 2.40. The summed E-state index contributed by atoms with van der Waals surface area (Å²) < 4.78 is 28.3. The van der Waals surface area contributed by atoms with Crippen molar-refractivity contribution >= 4 is 11.8 Å². The number of halogens is 2. The molecule has 24 heavy (non-hydrogen) atoms. The van der Waals surface area contributed by atoms with Crippen molar-refractivity contribution in [1.82, 2.24) is 19.6 Å². The lowest BCUT2D eigenvalue weighted by atomic mass is 10.0. The number of carbonyl (C=O) groups is 2. The summed E-state index contributed by atoms with van der Waals surface area (Å²) in [5, 5.41) is 4.20. The van der Waals surface area contributed by atoms with Crippen molar-refractivity contribution in [3.63, 3.8) is 0 Å². The molecule has 3 heterocycles. The lowest BCUT2D eigenvalue weighted by Crippen LogP contribution is -2.51. The van der Waals surface area contributed by atoms with E-state index in [9.17, 15) is 18.4 Å². The Hall–Kier alpha value is -1.99. The number of carbonyl (C=O) groups excluding carboxylic acids is 2. The number of amides is 2. The summed E-state index contributed by atoms with van der Waals surface area (Å²) in [5.74, 6) is -3.12. The highest BCUT2D eigenvalue weighted by atomic mass is 19.3. The molecule has 0 aromatic carbocycles. The Labute approximate surface area is 139 Å². The van der Waals surface area contributed by atoms with Crippen LogP contribution >= 0.6 is 0 Å². The Morgan fingerprint density at radius 1 is 1.25 bits per heavy atom. The normalized spacial score (nSPS) is 23.3. The monoisotopic (exact) mass is 340 g/mol. The van der Waals surface area contributed by atoms with Gasteiger partial charge in [-0.1, -0.05) is 13.8 Å². The molecule has 0 saturated carbocycles. The molecule has 2 aliphatic rings. The zero-order valence-corrected chi connectivity index (χ0v) is 13.9. The highest BCUT2D eigenvalue weighted by Crippen LogP contribution is 2.30. The Balaban J connectivity index is 1.79. The predicted octanol–water partition coefficient (Wildman–Crippen LogP) is 1.68. The standard InChI is InChI=1S/C16H22F2N4O2/c1-11(2)14(23)21-9-12-3-6-19-22(12)13(10-21)15(24)20-7-4-16(17,18)5-8-20/h3,6,11,13H,4-5,7-10H2,1-2H3. The van der Waals surface area contributed by atoms with Crippen LogP contribution in [0.4, 0.5) is 8.78 Å². The van der Waals surface area contributed by atoms with Crippen molar-refractivity contribution in [3.05, 3.63) is 18.0 Å². The maximum atomic E-state index is 13.3. The molecule has 1 unspecified atom stereocenters. The molecule has 0 radical (unpaired) electrons. The number of aromatic nitrogens is 2. The summed E-state index contributed by atoms with van der Waals surface area (Å²) in [4.78, 5) is 28.3. The summed E-state index contributed by atoms with van der Waals surface area (Å²) in [6.45, 7) is 4.36. The Kier molecular flexibility index (Phi) is 4.31. The van der Waals surface area contributed by atoms with Crippen LogP contribution in [0.15, 0.2) is 12.3 Å². The van der Waals surface area contributed by atoms with Gasteiger partial charge in [-0.25, -0.2) is 8.78 Å². The van der Waals surface area contributed by atoms with E-state index in [0.29, 0.717) is 6.54 Å². The van der Waals surface area contributed by atoms with Crippen molar-refractivity contribution in [3.8, 4) is 0 Å². The van der Waals surface area contributed by atoms with Crippen LogP contribution in [-0.4, -0.2) is 57.0 Å². The minimum absolute atomic E-state index is 0.0228. The van der Waals surface area contributed by atoms with Crippen LogP contribution in [0.3, 0.4) is 0 Å². The summed E-state index contributed by atoms with van der Waals surface area (Å²) in [7, 11) is 0. The summed E-state index contributed by atoms with van der Waals surface area (Å²) in [6, 6.07) is 1.14. The van der Waals surface area contributed by atoms with Crippen LogP contribution in [0, 0.1) is 5.92 Å². The van der Waals surface area contributed by atoms with Gasteiger partial charge in [0.25, 0.3) is 5.92 Å². The van der Waals surface area contributed by atoms with Crippen molar-refractivity contribution in [2.45, 2.75) is 45.2 Å². The van der Waals surface area contributed by atoms with Gasteiger partial charge in [-0.05, 0) is 6.07 Å². The van der Waals surface area contributed by atoms with E-state index in [0.717, 1.165) is 5.69 Å². The van der Waals surface area contributed by atoms with Gasteiger partial charge in [0.2, 0.25) is 11.8 Å². The van der Waals surface area contributed by atoms with Crippen molar-refractivity contribution in [2.24, 2.45) is 5.92 Å². The van der Waals surface area contributed by atoms with E-state index in [-0.39, 0.29) is 50.2 Å². The molecule has 1 atom stereocenters. The number of nitrogens with zero attached hydrogens (tertiary/aromatic N) is 4. The largest absolute Gasteiger partial charge is 0.340 e. The first-order valence-corrected chi connectivity index (χ1v) is 8.26. The van der Waals surface area contributed by atoms with Crippen LogP contribution in [0.2, 0.25) is 0 Å². The lowest BCUT2D eigenvalue weighted by molar-refractivity contribution is -0.145. The minimum atomic E-state index is -2.69. The summed E-state index contributed by atoms with van der Waals surface area (Å²) in [6.07, 6.45) is 0.974. The Morgan fingerprint density at radius 3 is 2.54 bits per heavy atom.